The van der Waals surface area contributed by atoms with Gasteiger partial charge in [-0.3, -0.25) is 4.79 Å². The van der Waals surface area contributed by atoms with Gasteiger partial charge in [0.25, 0.3) is 0 Å². The summed E-state index contributed by atoms with van der Waals surface area (Å²) < 4.78 is 18.6. The molecule has 0 spiro atoms. The van der Waals surface area contributed by atoms with Gasteiger partial charge in [0.05, 0.1) is 18.7 Å². The van der Waals surface area contributed by atoms with Crippen LogP contribution in [0.5, 0.6) is 5.75 Å². The molecule has 1 fully saturated rings. The van der Waals surface area contributed by atoms with Gasteiger partial charge >= 0.3 is 0 Å². The zero-order chi connectivity index (χ0) is 15.5. The number of benzene rings is 1. The predicted molar refractivity (Wildman–Crippen MR) is 79.8 cm³/mol. The zero-order valence-electron chi connectivity index (χ0n) is 12.8. The van der Waals surface area contributed by atoms with Crippen LogP contribution in [0.3, 0.4) is 0 Å². The first-order valence-corrected chi connectivity index (χ1v) is 7.42. The first-order valence-electron chi connectivity index (χ1n) is 7.42. The summed E-state index contributed by atoms with van der Waals surface area (Å²) >= 11 is 0. The van der Waals surface area contributed by atoms with E-state index in [1.54, 1.807) is 12.1 Å². The lowest BCUT2D eigenvalue weighted by molar-refractivity contribution is -0.128. The van der Waals surface area contributed by atoms with Crippen LogP contribution in [0.4, 0.5) is 4.39 Å². The Morgan fingerprint density at radius 2 is 2.33 bits per heavy atom. The molecule has 4 nitrogen and oxygen atoms in total. The quantitative estimate of drug-likeness (QED) is 0.877. The van der Waals surface area contributed by atoms with Gasteiger partial charge in [0.15, 0.2) is 11.6 Å². The number of halogens is 1. The fourth-order valence-electron chi connectivity index (χ4n) is 2.83. The van der Waals surface area contributed by atoms with Crippen LogP contribution in [0.1, 0.15) is 44.7 Å². The maximum atomic E-state index is 13.7. The average Bonchev–Trinajstić information content (AvgIpc) is 2.97. The van der Waals surface area contributed by atoms with Crippen molar-refractivity contribution in [2.24, 2.45) is 0 Å². The van der Waals surface area contributed by atoms with E-state index in [1.807, 2.05) is 13.8 Å². The van der Waals surface area contributed by atoms with Gasteiger partial charge in [-0.2, -0.15) is 0 Å². The molecule has 0 radical (unpaired) electrons. The molecule has 0 aromatic heterocycles. The molecule has 0 bridgehead atoms. The highest BCUT2D eigenvalue weighted by molar-refractivity contribution is 5.87. The van der Waals surface area contributed by atoms with Crippen LogP contribution in [0, 0.1) is 5.82 Å². The minimum atomic E-state index is -0.473. The molecule has 1 aliphatic rings. The monoisotopic (exact) mass is 294 g/mol. The van der Waals surface area contributed by atoms with Gasteiger partial charge in [-0.1, -0.05) is 13.0 Å². The number of hydrogen-bond acceptors (Lipinski definition) is 3. The van der Waals surface area contributed by atoms with E-state index in [-0.39, 0.29) is 17.7 Å². The van der Waals surface area contributed by atoms with Crippen LogP contribution < -0.4 is 15.4 Å². The largest absolute Gasteiger partial charge is 0.494 e. The Bertz CT molecular complexity index is 513. The Kier molecular flexibility index (Phi) is 4.83. The van der Waals surface area contributed by atoms with Crippen molar-refractivity contribution in [2.45, 2.75) is 44.7 Å². The van der Waals surface area contributed by atoms with Crippen molar-refractivity contribution in [3.63, 3.8) is 0 Å². The first-order chi connectivity index (χ1) is 10.0. The SMILES string of the molecule is CCC1(C(=O)NC(C)c2ccc(OC)c(F)c2)CCCN1. The number of rotatable bonds is 5. The molecule has 2 N–H and O–H groups in total. The van der Waals surface area contributed by atoms with Gasteiger partial charge in [0.2, 0.25) is 5.91 Å². The van der Waals surface area contributed by atoms with E-state index in [0.29, 0.717) is 0 Å². The van der Waals surface area contributed by atoms with Crippen molar-refractivity contribution < 1.29 is 13.9 Å². The molecular formula is C16H23FN2O2. The van der Waals surface area contributed by atoms with Crippen LogP contribution in [0.2, 0.25) is 0 Å². The number of methoxy groups -OCH3 is 1. The third kappa shape index (κ3) is 3.18. The van der Waals surface area contributed by atoms with Gasteiger partial charge in [0, 0.05) is 0 Å². The van der Waals surface area contributed by atoms with Crippen LogP contribution in [-0.4, -0.2) is 25.1 Å². The summed E-state index contributed by atoms with van der Waals surface area (Å²) in [6.45, 7) is 4.74. The Morgan fingerprint density at radius 1 is 1.57 bits per heavy atom. The molecule has 0 aliphatic carbocycles. The van der Waals surface area contributed by atoms with Gasteiger partial charge in [-0.15, -0.1) is 0 Å². The molecule has 1 amide bonds. The maximum Gasteiger partial charge on any atom is 0.240 e. The first kappa shape index (κ1) is 15.8. The minimum Gasteiger partial charge on any atom is -0.494 e. The number of carbonyl (C=O) groups excluding carboxylic acids is 1. The van der Waals surface area contributed by atoms with Crippen LogP contribution in [0.15, 0.2) is 18.2 Å². The molecule has 2 atom stereocenters. The van der Waals surface area contributed by atoms with Crippen LogP contribution in [0.25, 0.3) is 0 Å². The lowest BCUT2D eigenvalue weighted by atomic mass is 9.92. The number of carbonyl (C=O) groups is 1. The van der Waals surface area contributed by atoms with E-state index in [9.17, 15) is 9.18 Å². The summed E-state index contributed by atoms with van der Waals surface area (Å²) in [5, 5.41) is 6.29. The Hall–Kier alpha value is -1.62. The van der Waals surface area contributed by atoms with Crippen LogP contribution in [-0.2, 0) is 4.79 Å². The van der Waals surface area contributed by atoms with Gasteiger partial charge in [-0.25, -0.2) is 4.39 Å². The Balaban J connectivity index is 2.08. The van der Waals surface area contributed by atoms with E-state index in [0.717, 1.165) is 31.4 Å². The summed E-state index contributed by atoms with van der Waals surface area (Å²) in [4.78, 5) is 12.5. The highest BCUT2D eigenvalue weighted by Gasteiger charge is 2.39. The van der Waals surface area contributed by atoms with Crippen molar-refractivity contribution in [1.29, 1.82) is 0 Å². The normalized spacial score (nSPS) is 22.9. The summed E-state index contributed by atoms with van der Waals surface area (Å²) in [7, 11) is 1.43. The minimum absolute atomic E-state index is 0.00812. The standard InChI is InChI=1S/C16H23FN2O2/c1-4-16(8-5-9-18-16)15(20)19-11(2)12-6-7-14(21-3)13(17)10-12/h6-7,10-11,18H,4-5,8-9H2,1-3H3,(H,19,20). The molecular weight excluding hydrogens is 271 g/mol. The molecule has 2 unspecified atom stereocenters. The third-order valence-corrected chi connectivity index (χ3v) is 4.31. The van der Waals surface area contributed by atoms with Crippen molar-refractivity contribution >= 4 is 5.91 Å². The number of hydrogen-bond donors (Lipinski definition) is 2. The fourth-order valence-corrected chi connectivity index (χ4v) is 2.83. The predicted octanol–water partition coefficient (Wildman–Crippen LogP) is 2.54. The second kappa shape index (κ2) is 6.43. The number of amides is 1. The fraction of sp³-hybridized carbons (Fsp3) is 0.562. The van der Waals surface area contributed by atoms with E-state index >= 15 is 0 Å². The molecule has 1 saturated heterocycles. The van der Waals surface area contributed by atoms with E-state index in [2.05, 4.69) is 10.6 Å². The summed E-state index contributed by atoms with van der Waals surface area (Å²) in [5.41, 5.74) is 0.255. The second-order valence-corrected chi connectivity index (χ2v) is 5.56. The molecule has 116 valence electrons. The van der Waals surface area contributed by atoms with Crippen molar-refractivity contribution in [3.05, 3.63) is 29.6 Å². The molecule has 1 aliphatic heterocycles. The smallest absolute Gasteiger partial charge is 0.240 e. The summed E-state index contributed by atoms with van der Waals surface area (Å²) in [6.07, 6.45) is 2.61. The Morgan fingerprint density at radius 3 is 2.86 bits per heavy atom. The van der Waals surface area contributed by atoms with Gasteiger partial charge in [0.1, 0.15) is 0 Å². The van der Waals surface area contributed by atoms with E-state index in [1.165, 1.54) is 13.2 Å². The van der Waals surface area contributed by atoms with E-state index in [4.69, 9.17) is 4.74 Å². The molecule has 5 heteroatoms. The second-order valence-electron chi connectivity index (χ2n) is 5.56. The molecule has 2 rings (SSSR count). The average molecular weight is 294 g/mol. The van der Waals surface area contributed by atoms with Crippen LogP contribution >= 0.6 is 0 Å². The lowest BCUT2D eigenvalue weighted by Crippen LogP contribution is -2.53. The molecule has 1 aromatic rings. The van der Waals surface area contributed by atoms with Crippen molar-refractivity contribution in [2.75, 3.05) is 13.7 Å². The summed E-state index contributed by atoms with van der Waals surface area (Å²) in [5.74, 6) is -0.216. The maximum absolute atomic E-state index is 13.7. The van der Waals surface area contributed by atoms with Crippen molar-refractivity contribution in [1.82, 2.24) is 10.6 Å². The van der Waals surface area contributed by atoms with Crippen molar-refractivity contribution in [3.8, 4) is 5.75 Å². The summed E-state index contributed by atoms with van der Waals surface area (Å²) in [6, 6.07) is 4.51. The molecule has 0 saturated carbocycles. The van der Waals surface area contributed by atoms with E-state index < -0.39 is 11.4 Å². The highest BCUT2D eigenvalue weighted by atomic mass is 19.1. The lowest BCUT2D eigenvalue weighted by Gasteiger charge is -2.28. The molecule has 21 heavy (non-hydrogen) atoms. The number of ether oxygens (including phenoxy) is 1. The highest BCUT2D eigenvalue weighted by Crippen LogP contribution is 2.26. The molecule has 1 heterocycles. The van der Waals surface area contributed by atoms with Gasteiger partial charge in [-0.05, 0) is 50.4 Å². The number of nitrogens with one attached hydrogen (secondary N) is 2. The third-order valence-electron chi connectivity index (χ3n) is 4.31. The molecule has 1 aromatic carbocycles. The topological polar surface area (TPSA) is 50.4 Å². The zero-order valence-corrected chi connectivity index (χ0v) is 12.8. The Labute approximate surface area is 125 Å². The van der Waals surface area contributed by atoms with Gasteiger partial charge < -0.3 is 15.4 Å².